The van der Waals surface area contributed by atoms with E-state index in [2.05, 4.69) is 4.65 Å². The molecular formula is C6H8BNO5S. The highest BCUT2D eigenvalue weighted by molar-refractivity contribution is 7.89. The van der Waals surface area contributed by atoms with E-state index in [9.17, 15) is 8.42 Å². The molecule has 0 spiro atoms. The second-order valence-electron chi connectivity index (χ2n) is 2.46. The predicted octanol–water partition coefficient (Wildman–Crippen LogP) is -1.32. The maximum atomic E-state index is 10.8. The SMILES string of the molecule is NS(=O)(=O)c1ccc(OB(O)O)cc1. The second kappa shape index (κ2) is 3.97. The Hall–Kier alpha value is -1.09. The lowest BCUT2D eigenvalue weighted by atomic mass is 10.2. The van der Waals surface area contributed by atoms with Gasteiger partial charge < -0.3 is 14.7 Å². The van der Waals surface area contributed by atoms with E-state index < -0.39 is 17.3 Å². The Kier molecular flexibility index (Phi) is 3.12. The fourth-order valence-corrected chi connectivity index (χ4v) is 1.35. The van der Waals surface area contributed by atoms with E-state index in [1.54, 1.807) is 0 Å². The summed E-state index contributed by atoms with van der Waals surface area (Å²) in [6.45, 7) is 0. The monoisotopic (exact) mass is 217 g/mol. The third-order valence-corrected chi connectivity index (χ3v) is 2.32. The fourth-order valence-electron chi connectivity index (χ4n) is 0.830. The van der Waals surface area contributed by atoms with Crippen molar-refractivity contribution in [2.24, 2.45) is 5.14 Å². The molecule has 0 aromatic heterocycles. The second-order valence-corrected chi connectivity index (χ2v) is 4.02. The van der Waals surface area contributed by atoms with Crippen LogP contribution in [-0.2, 0) is 10.0 Å². The average Bonchev–Trinajstić information content (AvgIpc) is 2.02. The van der Waals surface area contributed by atoms with Crippen LogP contribution in [0.25, 0.3) is 0 Å². The van der Waals surface area contributed by atoms with Crippen molar-refractivity contribution in [2.45, 2.75) is 4.90 Å². The Bertz CT molecular complexity index is 401. The van der Waals surface area contributed by atoms with E-state index >= 15 is 0 Å². The minimum absolute atomic E-state index is 0.0720. The first-order valence-electron chi connectivity index (χ1n) is 3.55. The molecule has 0 aliphatic carbocycles. The standard InChI is InChI=1S/C6H8BNO5S/c8-14(11,12)6-3-1-5(2-4-6)13-7(9)10/h1-4,9-10H,(H2,8,11,12). The summed E-state index contributed by atoms with van der Waals surface area (Å²) in [4.78, 5) is -0.0720. The molecule has 0 bridgehead atoms. The smallest absolute Gasteiger partial charge is 0.512 e. The highest BCUT2D eigenvalue weighted by Gasteiger charge is 2.12. The third-order valence-electron chi connectivity index (χ3n) is 1.39. The largest absolute Gasteiger partial charge is 0.707 e. The van der Waals surface area contributed by atoms with Gasteiger partial charge in [-0.3, -0.25) is 0 Å². The van der Waals surface area contributed by atoms with Gasteiger partial charge in [0.05, 0.1) is 4.90 Å². The first-order valence-corrected chi connectivity index (χ1v) is 5.10. The van der Waals surface area contributed by atoms with Crippen molar-refractivity contribution < 1.29 is 23.1 Å². The van der Waals surface area contributed by atoms with Crippen LogP contribution in [0, 0.1) is 0 Å². The van der Waals surface area contributed by atoms with Gasteiger partial charge in [-0.25, -0.2) is 13.6 Å². The minimum atomic E-state index is -3.73. The van der Waals surface area contributed by atoms with Crippen LogP contribution in [0.4, 0.5) is 0 Å². The zero-order valence-corrected chi connectivity index (χ0v) is 7.81. The lowest BCUT2D eigenvalue weighted by Crippen LogP contribution is -2.20. The molecule has 0 saturated carbocycles. The lowest BCUT2D eigenvalue weighted by molar-refractivity contribution is 0.288. The summed E-state index contributed by atoms with van der Waals surface area (Å²) in [5, 5.41) is 21.7. The topological polar surface area (TPSA) is 110 Å². The Morgan fingerprint density at radius 1 is 1.21 bits per heavy atom. The van der Waals surface area contributed by atoms with Crippen LogP contribution in [-0.4, -0.2) is 25.8 Å². The van der Waals surface area contributed by atoms with Gasteiger partial charge in [0.15, 0.2) is 0 Å². The van der Waals surface area contributed by atoms with E-state index in [0.717, 1.165) is 0 Å². The van der Waals surface area contributed by atoms with E-state index in [4.69, 9.17) is 15.2 Å². The fraction of sp³-hybridized carbons (Fsp3) is 0. The summed E-state index contributed by atoms with van der Waals surface area (Å²) < 4.78 is 26.1. The molecule has 1 aromatic rings. The van der Waals surface area contributed by atoms with Gasteiger partial charge in [0.25, 0.3) is 0 Å². The van der Waals surface area contributed by atoms with Crippen molar-refractivity contribution in [3.63, 3.8) is 0 Å². The van der Waals surface area contributed by atoms with Gasteiger partial charge in [0.2, 0.25) is 10.0 Å². The van der Waals surface area contributed by atoms with Crippen LogP contribution >= 0.6 is 0 Å². The molecular weight excluding hydrogens is 209 g/mol. The molecule has 1 aromatic carbocycles. The summed E-state index contributed by atoms with van der Waals surface area (Å²) in [5.74, 6) is 0.132. The van der Waals surface area contributed by atoms with Crippen molar-refractivity contribution in [2.75, 3.05) is 0 Å². The minimum Gasteiger partial charge on any atom is -0.512 e. The summed E-state index contributed by atoms with van der Waals surface area (Å²) in [6, 6.07) is 4.93. The van der Waals surface area contributed by atoms with Gasteiger partial charge in [-0.05, 0) is 24.3 Å². The molecule has 14 heavy (non-hydrogen) atoms. The summed E-state index contributed by atoms with van der Waals surface area (Å²) in [7, 11) is -5.66. The molecule has 0 aliphatic heterocycles. The van der Waals surface area contributed by atoms with Crippen LogP contribution < -0.4 is 9.79 Å². The number of hydrogen-bond donors (Lipinski definition) is 3. The first kappa shape index (κ1) is 11.0. The molecule has 1 rings (SSSR count). The van der Waals surface area contributed by atoms with E-state index in [1.165, 1.54) is 24.3 Å². The normalized spacial score (nSPS) is 11.1. The molecule has 4 N–H and O–H groups in total. The lowest BCUT2D eigenvalue weighted by Gasteiger charge is -2.04. The first-order chi connectivity index (χ1) is 6.39. The van der Waals surface area contributed by atoms with Crippen LogP contribution in [0.15, 0.2) is 29.2 Å². The van der Waals surface area contributed by atoms with Crippen LogP contribution in [0.3, 0.4) is 0 Å². The van der Waals surface area contributed by atoms with Gasteiger partial charge >= 0.3 is 7.32 Å². The average molecular weight is 217 g/mol. The summed E-state index contributed by atoms with van der Waals surface area (Å²) in [6.07, 6.45) is 0. The number of sulfonamides is 1. The molecule has 76 valence electrons. The van der Waals surface area contributed by atoms with Gasteiger partial charge in [0, 0.05) is 0 Å². The molecule has 0 radical (unpaired) electrons. The van der Waals surface area contributed by atoms with Crippen molar-refractivity contribution in [3.8, 4) is 5.75 Å². The molecule has 6 nitrogen and oxygen atoms in total. The van der Waals surface area contributed by atoms with E-state index in [-0.39, 0.29) is 10.6 Å². The Balaban J connectivity index is 2.90. The zero-order chi connectivity index (χ0) is 10.8. The molecule has 0 heterocycles. The van der Waals surface area contributed by atoms with Crippen molar-refractivity contribution >= 4 is 17.3 Å². The van der Waals surface area contributed by atoms with Crippen molar-refractivity contribution in [3.05, 3.63) is 24.3 Å². The highest BCUT2D eigenvalue weighted by Crippen LogP contribution is 2.14. The zero-order valence-electron chi connectivity index (χ0n) is 6.99. The Morgan fingerprint density at radius 2 is 1.71 bits per heavy atom. The van der Waals surface area contributed by atoms with E-state index in [1.807, 2.05) is 0 Å². The summed E-state index contributed by atoms with van der Waals surface area (Å²) in [5.41, 5.74) is 0. The van der Waals surface area contributed by atoms with Crippen molar-refractivity contribution in [1.82, 2.24) is 0 Å². The quantitative estimate of drug-likeness (QED) is 0.544. The van der Waals surface area contributed by atoms with Gasteiger partial charge in [0.1, 0.15) is 5.75 Å². The number of benzene rings is 1. The van der Waals surface area contributed by atoms with E-state index in [0.29, 0.717) is 0 Å². The number of hydrogen-bond acceptors (Lipinski definition) is 5. The van der Waals surface area contributed by atoms with Gasteiger partial charge in [-0.1, -0.05) is 0 Å². The molecule has 0 fully saturated rings. The maximum absolute atomic E-state index is 10.8. The van der Waals surface area contributed by atoms with Gasteiger partial charge in [-0.2, -0.15) is 0 Å². The molecule has 0 aliphatic rings. The third kappa shape index (κ3) is 3.00. The number of rotatable bonds is 3. The maximum Gasteiger partial charge on any atom is 0.707 e. The number of nitrogens with two attached hydrogens (primary N) is 1. The molecule has 0 amide bonds. The van der Waals surface area contributed by atoms with Gasteiger partial charge in [-0.15, -0.1) is 0 Å². The van der Waals surface area contributed by atoms with Crippen LogP contribution in [0.1, 0.15) is 0 Å². The van der Waals surface area contributed by atoms with Crippen molar-refractivity contribution in [1.29, 1.82) is 0 Å². The molecule has 0 saturated heterocycles. The Labute approximate surface area is 81.2 Å². The molecule has 8 heteroatoms. The predicted molar refractivity (Wildman–Crippen MR) is 48.6 cm³/mol. The highest BCUT2D eigenvalue weighted by atomic mass is 32.2. The summed E-state index contributed by atoms with van der Waals surface area (Å²) >= 11 is 0. The number of primary sulfonamides is 1. The molecule has 0 unspecified atom stereocenters. The van der Waals surface area contributed by atoms with Crippen LogP contribution in [0.5, 0.6) is 5.75 Å². The molecule has 0 atom stereocenters. The van der Waals surface area contributed by atoms with Crippen LogP contribution in [0.2, 0.25) is 0 Å². The Morgan fingerprint density at radius 3 is 2.07 bits per heavy atom.